The number of hydrogen-bond acceptors (Lipinski definition) is 2. The summed E-state index contributed by atoms with van der Waals surface area (Å²) in [4.78, 5) is 5.75. The molecule has 28 heavy (non-hydrogen) atoms. The third-order valence-corrected chi connectivity index (χ3v) is 12.5. The number of thiophene rings is 1. The molecule has 0 fully saturated rings. The van der Waals surface area contributed by atoms with E-state index in [-0.39, 0.29) is 5.54 Å². The average Bonchev–Trinajstić information content (AvgIpc) is 3.09. The molecule has 1 heterocycles. The molecule has 2 unspecified atom stereocenters. The Balaban J connectivity index is 2.00. The standard InChI is InChI=1S/C25H31NSSi/c1-16-12-8-11-15-21(16)28(7,26-25(4,5)6)24-18(3)17(2)22-19-13-9-10-14-20(19)27-23(22)24/h8-15,24,26H,1-7H3. The fourth-order valence-corrected chi connectivity index (χ4v) is 12.6. The second-order valence-electron chi connectivity index (χ2n) is 9.47. The molecule has 2 aromatic carbocycles. The van der Waals surface area contributed by atoms with Crippen molar-refractivity contribution in [2.24, 2.45) is 0 Å². The molecule has 3 heteroatoms. The quantitative estimate of drug-likeness (QED) is 0.490. The Labute approximate surface area is 174 Å². The van der Waals surface area contributed by atoms with Gasteiger partial charge in [-0.05, 0) is 63.9 Å². The number of rotatable bonds is 3. The largest absolute Gasteiger partial charge is 0.329 e. The van der Waals surface area contributed by atoms with Crippen LogP contribution in [-0.4, -0.2) is 13.8 Å². The van der Waals surface area contributed by atoms with Crippen LogP contribution < -0.4 is 10.2 Å². The van der Waals surface area contributed by atoms with Crippen molar-refractivity contribution in [1.29, 1.82) is 0 Å². The van der Waals surface area contributed by atoms with Gasteiger partial charge in [-0.2, -0.15) is 0 Å². The van der Waals surface area contributed by atoms with E-state index in [1.54, 1.807) is 10.5 Å². The number of hydrogen-bond donors (Lipinski definition) is 1. The van der Waals surface area contributed by atoms with Crippen molar-refractivity contribution in [3.8, 4) is 0 Å². The first-order chi connectivity index (χ1) is 13.1. The van der Waals surface area contributed by atoms with Gasteiger partial charge in [0.15, 0.2) is 8.24 Å². The van der Waals surface area contributed by atoms with Gasteiger partial charge in [0.2, 0.25) is 0 Å². The molecular weight excluding hydrogens is 374 g/mol. The molecule has 1 N–H and O–H groups in total. The number of aryl methyl sites for hydroxylation is 1. The lowest BCUT2D eigenvalue weighted by Crippen LogP contribution is -2.67. The number of fused-ring (bicyclic) bond motifs is 3. The van der Waals surface area contributed by atoms with Crippen LogP contribution in [0.5, 0.6) is 0 Å². The molecule has 1 aromatic heterocycles. The summed E-state index contributed by atoms with van der Waals surface area (Å²) in [6.07, 6.45) is 0. The summed E-state index contributed by atoms with van der Waals surface area (Å²) in [5, 5.41) is 2.96. The average molecular weight is 406 g/mol. The second kappa shape index (κ2) is 6.69. The Morgan fingerprint density at radius 3 is 2.25 bits per heavy atom. The predicted octanol–water partition coefficient (Wildman–Crippen LogP) is 6.51. The van der Waals surface area contributed by atoms with Gasteiger partial charge in [0.05, 0.1) is 0 Å². The van der Waals surface area contributed by atoms with Crippen LogP contribution in [0.25, 0.3) is 15.7 Å². The highest BCUT2D eigenvalue weighted by atomic mass is 32.1. The molecular formula is C25H31NSSi. The summed E-state index contributed by atoms with van der Waals surface area (Å²) in [6.45, 7) is 16.4. The summed E-state index contributed by atoms with van der Waals surface area (Å²) in [5.74, 6) is 0. The molecule has 1 aliphatic rings. The van der Waals surface area contributed by atoms with Gasteiger partial charge in [0, 0.05) is 26.0 Å². The maximum atomic E-state index is 4.18. The topological polar surface area (TPSA) is 12.0 Å². The summed E-state index contributed by atoms with van der Waals surface area (Å²) in [7, 11) is -2.09. The monoisotopic (exact) mass is 405 g/mol. The molecule has 2 atom stereocenters. The van der Waals surface area contributed by atoms with E-state index in [4.69, 9.17) is 0 Å². The molecule has 146 valence electrons. The third kappa shape index (κ3) is 3.01. The van der Waals surface area contributed by atoms with E-state index >= 15 is 0 Å². The van der Waals surface area contributed by atoms with Gasteiger partial charge in [-0.25, -0.2) is 0 Å². The van der Waals surface area contributed by atoms with Gasteiger partial charge < -0.3 is 4.98 Å². The van der Waals surface area contributed by atoms with E-state index in [1.165, 1.54) is 32.0 Å². The fraction of sp³-hybridized carbons (Fsp3) is 0.360. The predicted molar refractivity (Wildman–Crippen MR) is 128 cm³/mol. The summed E-state index contributed by atoms with van der Waals surface area (Å²) < 4.78 is 1.42. The van der Waals surface area contributed by atoms with E-state index in [2.05, 4.69) is 102 Å². The van der Waals surface area contributed by atoms with Crippen LogP contribution in [-0.2, 0) is 0 Å². The smallest absolute Gasteiger partial charge is 0.167 e. The first kappa shape index (κ1) is 19.6. The molecule has 0 bridgehead atoms. The van der Waals surface area contributed by atoms with Crippen LogP contribution in [0.2, 0.25) is 6.55 Å². The van der Waals surface area contributed by atoms with Crippen LogP contribution >= 0.6 is 11.3 Å². The van der Waals surface area contributed by atoms with Crippen LogP contribution in [0.4, 0.5) is 0 Å². The van der Waals surface area contributed by atoms with E-state index in [0.717, 1.165) is 0 Å². The Kier molecular flexibility index (Phi) is 4.69. The van der Waals surface area contributed by atoms with Gasteiger partial charge in [0.1, 0.15) is 0 Å². The minimum atomic E-state index is -2.09. The highest BCUT2D eigenvalue weighted by molar-refractivity contribution is 7.20. The van der Waals surface area contributed by atoms with Crippen molar-refractivity contribution in [2.45, 2.75) is 59.2 Å². The van der Waals surface area contributed by atoms with Crippen molar-refractivity contribution in [3.05, 3.63) is 70.1 Å². The van der Waals surface area contributed by atoms with Crippen molar-refractivity contribution in [3.63, 3.8) is 0 Å². The van der Waals surface area contributed by atoms with Gasteiger partial charge in [-0.1, -0.05) is 60.1 Å². The van der Waals surface area contributed by atoms with Crippen LogP contribution in [0.1, 0.15) is 56.2 Å². The molecule has 1 aliphatic carbocycles. The minimum absolute atomic E-state index is 0.0663. The van der Waals surface area contributed by atoms with E-state index in [1.807, 2.05) is 11.3 Å². The van der Waals surface area contributed by atoms with Crippen molar-refractivity contribution < 1.29 is 0 Å². The lowest BCUT2D eigenvalue weighted by molar-refractivity contribution is 0.510. The molecule has 0 saturated heterocycles. The highest BCUT2D eigenvalue weighted by Gasteiger charge is 2.48. The number of allylic oxidation sites excluding steroid dienone is 2. The Morgan fingerprint density at radius 2 is 1.57 bits per heavy atom. The zero-order valence-corrected chi connectivity index (χ0v) is 19.9. The molecule has 0 radical (unpaired) electrons. The summed E-state index contributed by atoms with van der Waals surface area (Å²) in [6, 6.07) is 17.9. The fourth-order valence-electron chi connectivity index (χ4n) is 5.19. The Bertz CT molecular complexity index is 1090. The van der Waals surface area contributed by atoms with Crippen molar-refractivity contribution in [1.82, 2.24) is 4.98 Å². The normalized spacial score (nSPS) is 19.2. The minimum Gasteiger partial charge on any atom is -0.329 e. The summed E-state index contributed by atoms with van der Waals surface area (Å²) in [5.41, 5.74) is 6.50. The summed E-state index contributed by atoms with van der Waals surface area (Å²) >= 11 is 2.01. The van der Waals surface area contributed by atoms with Gasteiger partial charge in [-0.3, -0.25) is 0 Å². The zero-order valence-electron chi connectivity index (χ0n) is 18.1. The van der Waals surface area contributed by atoms with E-state index in [9.17, 15) is 0 Å². The highest BCUT2D eigenvalue weighted by Crippen LogP contribution is 2.52. The van der Waals surface area contributed by atoms with Crippen LogP contribution in [0, 0.1) is 6.92 Å². The molecule has 0 spiro atoms. The molecule has 0 aliphatic heterocycles. The van der Waals surface area contributed by atoms with Crippen molar-refractivity contribution >= 4 is 40.4 Å². The maximum Gasteiger partial charge on any atom is 0.167 e. The van der Waals surface area contributed by atoms with Gasteiger partial charge in [-0.15, -0.1) is 11.3 Å². The second-order valence-corrected chi connectivity index (χ2v) is 14.3. The molecule has 1 nitrogen and oxygen atoms in total. The third-order valence-electron chi connectivity index (χ3n) is 6.20. The van der Waals surface area contributed by atoms with E-state index in [0.29, 0.717) is 5.54 Å². The Morgan fingerprint density at radius 1 is 0.929 bits per heavy atom. The molecule has 4 rings (SSSR count). The van der Waals surface area contributed by atoms with Gasteiger partial charge >= 0.3 is 0 Å². The van der Waals surface area contributed by atoms with Gasteiger partial charge in [0.25, 0.3) is 0 Å². The molecule has 3 aromatic rings. The van der Waals surface area contributed by atoms with E-state index < -0.39 is 8.24 Å². The number of nitrogens with one attached hydrogen (secondary N) is 1. The lowest BCUT2D eigenvalue weighted by atomic mass is 10.1. The lowest BCUT2D eigenvalue weighted by Gasteiger charge is -2.42. The van der Waals surface area contributed by atoms with Crippen molar-refractivity contribution in [2.75, 3.05) is 0 Å². The zero-order chi connectivity index (χ0) is 20.3. The Hall–Kier alpha value is -1.68. The first-order valence-electron chi connectivity index (χ1n) is 10.2. The maximum absolute atomic E-state index is 4.18. The van der Waals surface area contributed by atoms with Crippen LogP contribution in [0.15, 0.2) is 54.1 Å². The SMILES string of the molecule is CC1=C(C)C([Si](C)(NC(C)(C)C)c2ccccc2C)c2sc3ccccc3c21. The first-order valence-corrected chi connectivity index (χ1v) is 13.6. The molecule has 0 amide bonds. The number of benzene rings is 2. The molecule has 0 saturated carbocycles. The van der Waals surface area contributed by atoms with Crippen LogP contribution in [0.3, 0.4) is 0 Å².